The lowest BCUT2D eigenvalue weighted by Gasteiger charge is -2.31. The summed E-state index contributed by atoms with van der Waals surface area (Å²) in [7, 11) is 1.34. The third-order valence-corrected chi connectivity index (χ3v) is 6.10. The largest absolute Gasteiger partial charge is 0.481 e. The van der Waals surface area contributed by atoms with E-state index in [0.29, 0.717) is 34.0 Å². The number of imidazole rings is 1. The van der Waals surface area contributed by atoms with Crippen LogP contribution in [0.5, 0.6) is 5.75 Å². The third kappa shape index (κ3) is 4.05. The van der Waals surface area contributed by atoms with Crippen molar-refractivity contribution < 1.29 is 18.7 Å². The van der Waals surface area contributed by atoms with Crippen LogP contribution >= 0.6 is 11.6 Å². The Hall–Kier alpha value is -4.08. The lowest BCUT2D eigenvalue weighted by molar-refractivity contribution is 0.0600. The van der Waals surface area contributed by atoms with Crippen molar-refractivity contribution in [3.8, 4) is 40.2 Å². The summed E-state index contributed by atoms with van der Waals surface area (Å²) in [5.74, 6) is 6.18. The fourth-order valence-electron chi connectivity index (χ4n) is 4.07. The molecule has 1 aliphatic rings. The molecule has 0 saturated heterocycles. The number of H-pyrrole nitrogens is 1. The maximum Gasteiger partial charge on any atom is 0.339 e. The Morgan fingerprint density at radius 1 is 1.11 bits per heavy atom. The van der Waals surface area contributed by atoms with Crippen LogP contribution in [0.15, 0.2) is 60.7 Å². The third-order valence-electron chi connectivity index (χ3n) is 5.78. The number of hydrogen-bond acceptors (Lipinski definition) is 4. The summed E-state index contributed by atoms with van der Waals surface area (Å²) >= 11 is 6.27. The lowest BCUT2D eigenvalue weighted by Crippen LogP contribution is -2.29. The van der Waals surface area contributed by atoms with Gasteiger partial charge in [-0.05, 0) is 56.3 Å². The minimum absolute atomic E-state index is 0.215. The first kappa shape index (κ1) is 22.7. The summed E-state index contributed by atoms with van der Waals surface area (Å²) in [6.45, 7) is 3.81. The number of fused-ring (bicyclic) bond motifs is 3. The molecule has 0 atom stereocenters. The molecule has 0 spiro atoms. The van der Waals surface area contributed by atoms with Gasteiger partial charge < -0.3 is 14.5 Å². The lowest BCUT2D eigenvalue weighted by atomic mass is 9.94. The van der Waals surface area contributed by atoms with Crippen molar-refractivity contribution in [1.82, 2.24) is 9.97 Å². The van der Waals surface area contributed by atoms with Gasteiger partial charge in [-0.1, -0.05) is 41.6 Å². The number of methoxy groups -OCH3 is 1. The Kier molecular flexibility index (Phi) is 5.58. The molecule has 1 N–H and O–H groups in total. The molecule has 1 aromatic heterocycles. The molecule has 0 fully saturated rings. The van der Waals surface area contributed by atoms with E-state index in [9.17, 15) is 9.18 Å². The quantitative estimate of drug-likeness (QED) is 0.265. The van der Waals surface area contributed by atoms with E-state index in [2.05, 4.69) is 16.8 Å². The molecule has 0 bridgehead atoms. The normalized spacial score (nSPS) is 13.1. The van der Waals surface area contributed by atoms with Crippen LogP contribution in [0.1, 0.15) is 41.0 Å². The first-order chi connectivity index (χ1) is 16.8. The Balaban J connectivity index is 1.56. The molecule has 3 aromatic carbocycles. The van der Waals surface area contributed by atoms with E-state index in [4.69, 9.17) is 26.1 Å². The molecule has 5 rings (SSSR count). The van der Waals surface area contributed by atoms with Crippen molar-refractivity contribution in [3.63, 3.8) is 0 Å². The fraction of sp³-hybridized carbons (Fsp3) is 0.143. The zero-order valence-electron chi connectivity index (χ0n) is 19.2. The Morgan fingerprint density at radius 2 is 1.91 bits per heavy atom. The standard InChI is InChI=1S/C28H20ClFN2O3/c1-28(2)25-24(31-26(32-25)23-20(29)9-6-10-21(23)30)19-14-12-16(15-22(19)35-28)11-13-17-7-4-5-8-18(17)27(33)34-3/h4-10,12,14-15H,1-3H3,(H,31,32). The van der Waals surface area contributed by atoms with E-state index < -0.39 is 17.4 Å². The van der Waals surface area contributed by atoms with Gasteiger partial charge in [-0.25, -0.2) is 14.2 Å². The van der Waals surface area contributed by atoms with Gasteiger partial charge in [0, 0.05) is 16.7 Å². The van der Waals surface area contributed by atoms with Crippen LogP contribution in [0.25, 0.3) is 22.6 Å². The highest BCUT2D eigenvalue weighted by molar-refractivity contribution is 6.33. The second-order valence-electron chi connectivity index (χ2n) is 8.52. The topological polar surface area (TPSA) is 64.2 Å². The summed E-state index contributed by atoms with van der Waals surface area (Å²) in [6, 6.07) is 17.1. The van der Waals surface area contributed by atoms with Crippen LogP contribution in [-0.2, 0) is 10.3 Å². The minimum Gasteiger partial charge on any atom is -0.481 e. The molecule has 1 aliphatic heterocycles. The highest BCUT2D eigenvalue weighted by atomic mass is 35.5. The number of nitrogens with one attached hydrogen (secondary N) is 1. The SMILES string of the molecule is COC(=O)c1ccccc1C#Cc1ccc2c(c1)OC(C)(C)c1[nH]c(-c3c(F)cccc3Cl)nc1-2. The highest BCUT2D eigenvalue weighted by Gasteiger charge is 2.36. The molecule has 0 aliphatic carbocycles. The molecule has 35 heavy (non-hydrogen) atoms. The highest BCUT2D eigenvalue weighted by Crippen LogP contribution is 2.45. The summed E-state index contributed by atoms with van der Waals surface area (Å²) < 4.78 is 25.7. The molecule has 7 heteroatoms. The van der Waals surface area contributed by atoms with E-state index >= 15 is 0 Å². The van der Waals surface area contributed by atoms with Gasteiger partial charge in [-0.3, -0.25) is 0 Å². The van der Waals surface area contributed by atoms with E-state index in [1.54, 1.807) is 30.3 Å². The Bertz CT molecular complexity index is 1530. The number of halogens is 2. The average molecular weight is 487 g/mol. The minimum atomic E-state index is -0.755. The monoisotopic (exact) mass is 486 g/mol. The average Bonchev–Trinajstić information content (AvgIpc) is 3.28. The van der Waals surface area contributed by atoms with Crippen LogP contribution in [0.2, 0.25) is 5.02 Å². The molecule has 0 saturated carbocycles. The molecule has 0 unspecified atom stereocenters. The summed E-state index contributed by atoms with van der Waals surface area (Å²) in [6.07, 6.45) is 0. The maximum atomic E-state index is 14.5. The number of carbonyl (C=O) groups excluding carboxylic acids is 1. The van der Waals surface area contributed by atoms with Crippen LogP contribution in [0.4, 0.5) is 4.39 Å². The van der Waals surface area contributed by atoms with Crippen LogP contribution in [0.3, 0.4) is 0 Å². The van der Waals surface area contributed by atoms with Gasteiger partial charge in [-0.15, -0.1) is 0 Å². The summed E-state index contributed by atoms with van der Waals surface area (Å²) in [4.78, 5) is 19.9. The zero-order chi connectivity index (χ0) is 24.7. The van der Waals surface area contributed by atoms with Crippen molar-refractivity contribution in [1.29, 1.82) is 0 Å². The predicted molar refractivity (Wildman–Crippen MR) is 132 cm³/mol. The van der Waals surface area contributed by atoms with Gasteiger partial charge in [0.15, 0.2) is 0 Å². The van der Waals surface area contributed by atoms with Gasteiger partial charge in [0.2, 0.25) is 0 Å². The number of nitrogens with zero attached hydrogens (tertiary/aromatic N) is 1. The summed E-state index contributed by atoms with van der Waals surface area (Å²) in [5, 5.41) is 0.271. The second-order valence-corrected chi connectivity index (χ2v) is 8.92. The molecular weight excluding hydrogens is 467 g/mol. The van der Waals surface area contributed by atoms with Crippen molar-refractivity contribution in [2.75, 3.05) is 7.11 Å². The first-order valence-corrected chi connectivity index (χ1v) is 11.2. The van der Waals surface area contributed by atoms with Gasteiger partial charge in [-0.2, -0.15) is 0 Å². The number of esters is 1. The predicted octanol–water partition coefficient (Wildman–Crippen LogP) is 6.35. The van der Waals surface area contributed by atoms with Crippen molar-refractivity contribution in [3.05, 3.63) is 93.9 Å². The second kappa shape index (κ2) is 8.61. The number of rotatable bonds is 2. The Morgan fingerprint density at radius 3 is 2.69 bits per heavy atom. The number of ether oxygens (including phenoxy) is 2. The molecule has 4 aromatic rings. The van der Waals surface area contributed by atoms with Crippen LogP contribution in [-0.4, -0.2) is 23.0 Å². The van der Waals surface area contributed by atoms with E-state index in [1.165, 1.54) is 13.2 Å². The van der Waals surface area contributed by atoms with Crippen LogP contribution < -0.4 is 4.74 Å². The van der Waals surface area contributed by atoms with E-state index in [0.717, 1.165) is 11.3 Å². The Labute approximate surface area is 206 Å². The van der Waals surface area contributed by atoms with Crippen LogP contribution in [0, 0.1) is 17.7 Å². The number of aromatic nitrogens is 2. The molecular formula is C28H20ClFN2O3. The van der Waals surface area contributed by atoms with Crippen molar-refractivity contribution in [2.24, 2.45) is 0 Å². The van der Waals surface area contributed by atoms with Gasteiger partial charge in [0.25, 0.3) is 0 Å². The van der Waals surface area contributed by atoms with Crippen molar-refractivity contribution >= 4 is 17.6 Å². The number of aromatic amines is 1. The summed E-state index contributed by atoms with van der Waals surface area (Å²) in [5.41, 5.74) is 3.29. The molecule has 0 radical (unpaired) electrons. The molecule has 174 valence electrons. The first-order valence-electron chi connectivity index (χ1n) is 10.9. The zero-order valence-corrected chi connectivity index (χ0v) is 20.0. The van der Waals surface area contributed by atoms with E-state index in [1.807, 2.05) is 38.1 Å². The number of benzene rings is 3. The van der Waals surface area contributed by atoms with Gasteiger partial charge >= 0.3 is 5.97 Å². The van der Waals surface area contributed by atoms with E-state index in [-0.39, 0.29) is 10.6 Å². The maximum absolute atomic E-state index is 14.5. The number of hydrogen-bond donors (Lipinski definition) is 1. The van der Waals surface area contributed by atoms with Gasteiger partial charge in [0.05, 0.1) is 34.6 Å². The molecule has 2 heterocycles. The number of carbonyl (C=O) groups is 1. The fourth-order valence-corrected chi connectivity index (χ4v) is 4.32. The smallest absolute Gasteiger partial charge is 0.339 e. The molecule has 0 amide bonds. The molecule has 5 nitrogen and oxygen atoms in total. The van der Waals surface area contributed by atoms with Crippen molar-refractivity contribution in [2.45, 2.75) is 19.4 Å². The van der Waals surface area contributed by atoms with Gasteiger partial charge in [0.1, 0.15) is 23.0 Å².